The molecule has 2 heterocycles. The summed E-state index contributed by atoms with van der Waals surface area (Å²) in [5.74, 6) is 0.0895. The number of nitrogens with zero attached hydrogens (tertiary/aromatic N) is 2. The van der Waals surface area contributed by atoms with Crippen molar-refractivity contribution in [3.63, 3.8) is 0 Å². The quantitative estimate of drug-likeness (QED) is 0.274. The van der Waals surface area contributed by atoms with Gasteiger partial charge in [-0.2, -0.15) is 0 Å². The minimum absolute atomic E-state index is 0.0309. The second-order valence-electron chi connectivity index (χ2n) is 9.33. The van der Waals surface area contributed by atoms with E-state index >= 15 is 0 Å². The van der Waals surface area contributed by atoms with Crippen molar-refractivity contribution in [1.29, 1.82) is 0 Å². The average molecular weight is 533 g/mol. The van der Waals surface area contributed by atoms with Crippen LogP contribution in [0.2, 0.25) is 10.0 Å². The first-order valence-corrected chi connectivity index (χ1v) is 12.8. The highest BCUT2D eigenvalue weighted by molar-refractivity contribution is 6.40. The van der Waals surface area contributed by atoms with Crippen molar-refractivity contribution in [1.82, 2.24) is 4.98 Å². The summed E-state index contributed by atoms with van der Waals surface area (Å²) in [7, 11) is 0. The second kappa shape index (κ2) is 9.69. The summed E-state index contributed by atoms with van der Waals surface area (Å²) < 4.78 is 6.21. The van der Waals surface area contributed by atoms with Crippen LogP contribution >= 0.6 is 23.2 Å². The average Bonchev–Trinajstić information content (AvgIpc) is 3.67. The van der Waals surface area contributed by atoms with E-state index in [9.17, 15) is 4.79 Å². The number of aromatic nitrogens is 1. The van der Waals surface area contributed by atoms with Crippen LogP contribution in [-0.4, -0.2) is 34.5 Å². The van der Waals surface area contributed by atoms with E-state index in [0.717, 1.165) is 40.8 Å². The minimum Gasteiger partial charge on any atom is -0.493 e. The molecule has 0 amide bonds. The van der Waals surface area contributed by atoms with Crippen LogP contribution in [0.15, 0.2) is 78.0 Å². The van der Waals surface area contributed by atoms with E-state index in [2.05, 4.69) is 10.1 Å². The SMILES string of the molecule is O=C(O)c1ccc2cc(-c3ccc(OCC4C(c5c(Cl)cccc5Cl)=NOC4C4CC4)cc3)ccc2n1. The molecule has 3 aromatic carbocycles. The van der Waals surface area contributed by atoms with Gasteiger partial charge < -0.3 is 14.7 Å². The molecule has 1 saturated carbocycles. The van der Waals surface area contributed by atoms with E-state index in [-0.39, 0.29) is 17.7 Å². The van der Waals surface area contributed by atoms with Crippen molar-refractivity contribution < 1.29 is 19.5 Å². The van der Waals surface area contributed by atoms with Gasteiger partial charge in [0.05, 0.1) is 21.5 Å². The molecule has 1 aromatic heterocycles. The van der Waals surface area contributed by atoms with Crippen LogP contribution in [0, 0.1) is 11.8 Å². The lowest BCUT2D eigenvalue weighted by Crippen LogP contribution is -2.31. The van der Waals surface area contributed by atoms with Gasteiger partial charge in [-0.15, -0.1) is 0 Å². The summed E-state index contributed by atoms with van der Waals surface area (Å²) in [6, 6.07) is 22.4. The van der Waals surface area contributed by atoms with Gasteiger partial charge in [-0.05, 0) is 72.4 Å². The molecule has 1 fully saturated rings. The Labute approximate surface area is 223 Å². The van der Waals surface area contributed by atoms with Crippen LogP contribution in [0.3, 0.4) is 0 Å². The number of carboxylic acid groups (broad SMARTS) is 1. The molecule has 1 aliphatic carbocycles. The standard InChI is InChI=1S/C29H22Cl2N2O4/c30-22-2-1-3-23(31)26(22)27-21(28(37-33-27)17-4-5-17)15-36-20-10-6-16(7-11-20)18-8-12-24-19(14-18)9-13-25(32-24)29(34)35/h1-3,6-14,17,21,28H,4-5,15H2,(H,34,35). The first-order chi connectivity index (χ1) is 18.0. The van der Waals surface area contributed by atoms with Crippen molar-refractivity contribution in [2.24, 2.45) is 17.0 Å². The number of hydrogen-bond acceptors (Lipinski definition) is 5. The number of carboxylic acids is 1. The van der Waals surface area contributed by atoms with E-state index in [1.165, 1.54) is 6.07 Å². The molecule has 2 atom stereocenters. The molecular formula is C29H22Cl2N2O4. The fraction of sp³-hybridized carbons (Fsp3) is 0.207. The predicted molar refractivity (Wildman–Crippen MR) is 144 cm³/mol. The molecule has 4 aromatic rings. The number of hydrogen-bond donors (Lipinski definition) is 1. The summed E-state index contributed by atoms with van der Waals surface area (Å²) in [5, 5.41) is 15.5. The highest BCUT2D eigenvalue weighted by Gasteiger charge is 2.46. The van der Waals surface area contributed by atoms with E-state index in [0.29, 0.717) is 33.7 Å². The smallest absolute Gasteiger partial charge is 0.354 e. The number of pyridine rings is 1. The van der Waals surface area contributed by atoms with Gasteiger partial charge in [0.2, 0.25) is 0 Å². The number of rotatable bonds is 7. The van der Waals surface area contributed by atoms with Crippen LogP contribution in [0.4, 0.5) is 0 Å². The fourth-order valence-corrected chi connectivity index (χ4v) is 5.35. The molecule has 8 heteroatoms. The van der Waals surface area contributed by atoms with Crippen LogP contribution in [0.5, 0.6) is 5.75 Å². The molecule has 2 unspecified atom stereocenters. The highest BCUT2D eigenvalue weighted by atomic mass is 35.5. The molecule has 6 rings (SSSR count). The number of halogens is 2. The second-order valence-corrected chi connectivity index (χ2v) is 10.1. The van der Waals surface area contributed by atoms with Crippen LogP contribution in [0.1, 0.15) is 28.9 Å². The van der Waals surface area contributed by atoms with Crippen molar-refractivity contribution in [3.8, 4) is 16.9 Å². The van der Waals surface area contributed by atoms with Gasteiger partial charge >= 0.3 is 5.97 Å². The first kappa shape index (κ1) is 23.8. The summed E-state index contributed by atoms with van der Waals surface area (Å²) >= 11 is 13.0. The van der Waals surface area contributed by atoms with Crippen LogP contribution < -0.4 is 4.74 Å². The molecule has 2 aliphatic rings. The zero-order valence-corrected chi connectivity index (χ0v) is 21.1. The topological polar surface area (TPSA) is 81.0 Å². The highest BCUT2D eigenvalue weighted by Crippen LogP contribution is 2.43. The molecule has 186 valence electrons. The number of benzene rings is 3. The van der Waals surface area contributed by atoms with Crippen molar-refractivity contribution in [3.05, 3.63) is 94.1 Å². The number of carbonyl (C=O) groups is 1. The molecule has 0 bridgehead atoms. The Hall–Kier alpha value is -3.61. The van der Waals surface area contributed by atoms with E-state index in [1.54, 1.807) is 18.2 Å². The third-order valence-corrected chi connectivity index (χ3v) is 7.48. The summed E-state index contributed by atoms with van der Waals surface area (Å²) in [6.07, 6.45) is 2.19. The number of oxime groups is 1. The van der Waals surface area contributed by atoms with Gasteiger partial charge in [0.15, 0.2) is 0 Å². The fourth-order valence-electron chi connectivity index (χ4n) is 4.75. The summed E-state index contributed by atoms with van der Waals surface area (Å²) in [5.41, 5.74) is 4.14. The molecule has 0 radical (unpaired) electrons. The monoisotopic (exact) mass is 532 g/mol. The molecule has 0 saturated heterocycles. The Kier molecular flexibility index (Phi) is 6.22. The zero-order valence-electron chi connectivity index (χ0n) is 19.6. The minimum atomic E-state index is -1.04. The maximum absolute atomic E-state index is 11.2. The van der Waals surface area contributed by atoms with Crippen molar-refractivity contribution in [2.75, 3.05) is 6.61 Å². The summed E-state index contributed by atoms with van der Waals surface area (Å²) in [6.45, 7) is 0.397. The third-order valence-electron chi connectivity index (χ3n) is 6.85. The van der Waals surface area contributed by atoms with Gasteiger partial charge in [-0.1, -0.05) is 58.7 Å². The number of aromatic carboxylic acids is 1. The van der Waals surface area contributed by atoms with Gasteiger partial charge in [0.1, 0.15) is 29.9 Å². The maximum atomic E-state index is 11.2. The Morgan fingerprint density at radius 1 is 0.973 bits per heavy atom. The molecule has 1 aliphatic heterocycles. The summed E-state index contributed by atoms with van der Waals surface area (Å²) in [4.78, 5) is 21.2. The Morgan fingerprint density at radius 2 is 1.70 bits per heavy atom. The Balaban J connectivity index is 1.19. The Bertz CT molecular complexity index is 1510. The van der Waals surface area contributed by atoms with Gasteiger partial charge in [-0.3, -0.25) is 0 Å². The third kappa shape index (κ3) is 4.75. The van der Waals surface area contributed by atoms with Crippen molar-refractivity contribution >= 4 is 45.8 Å². The predicted octanol–water partition coefficient (Wildman–Crippen LogP) is 7.11. The molecule has 37 heavy (non-hydrogen) atoms. The zero-order chi connectivity index (χ0) is 25.5. The van der Waals surface area contributed by atoms with Gasteiger partial charge in [0.25, 0.3) is 0 Å². The first-order valence-electron chi connectivity index (χ1n) is 12.0. The van der Waals surface area contributed by atoms with E-state index < -0.39 is 5.97 Å². The lowest BCUT2D eigenvalue weighted by Gasteiger charge is -2.20. The largest absolute Gasteiger partial charge is 0.493 e. The number of fused-ring (bicyclic) bond motifs is 1. The lowest BCUT2D eigenvalue weighted by molar-refractivity contribution is 0.0340. The van der Waals surface area contributed by atoms with Gasteiger partial charge in [0, 0.05) is 10.9 Å². The maximum Gasteiger partial charge on any atom is 0.354 e. The molecular weight excluding hydrogens is 511 g/mol. The molecule has 6 nitrogen and oxygen atoms in total. The van der Waals surface area contributed by atoms with Crippen molar-refractivity contribution in [2.45, 2.75) is 18.9 Å². The number of ether oxygens (including phenoxy) is 1. The Morgan fingerprint density at radius 3 is 2.41 bits per heavy atom. The molecule has 0 spiro atoms. The van der Waals surface area contributed by atoms with E-state index in [1.807, 2.05) is 48.5 Å². The van der Waals surface area contributed by atoms with Crippen LogP contribution in [0.25, 0.3) is 22.0 Å². The van der Waals surface area contributed by atoms with E-state index in [4.69, 9.17) is 37.9 Å². The lowest BCUT2D eigenvalue weighted by atomic mass is 9.90. The molecule has 1 N–H and O–H groups in total. The normalized spacial score (nSPS) is 18.9. The van der Waals surface area contributed by atoms with Gasteiger partial charge in [-0.25, -0.2) is 9.78 Å². The van der Waals surface area contributed by atoms with Crippen LogP contribution in [-0.2, 0) is 4.84 Å².